The molecule has 0 radical (unpaired) electrons. The van der Waals surface area contributed by atoms with Gasteiger partial charge in [0.05, 0.1) is 0 Å². The molecule has 1 aromatic heterocycles. The monoisotopic (exact) mass is 294 g/mol. The molecule has 3 nitrogen and oxygen atoms in total. The van der Waals surface area contributed by atoms with Crippen molar-refractivity contribution in [3.8, 4) is 0 Å². The smallest absolute Gasteiger partial charge is 0.0491 e. The molecular weight excluding hydrogens is 268 g/mol. The van der Waals surface area contributed by atoms with Crippen molar-refractivity contribution < 1.29 is 4.74 Å². The standard InChI is InChI=1S/C16H26N2OS/c1-19-12-13-6-8-18(9-7-13)11-16-5-4-15(20-16)10-17-14-2-3-14/h4-5,13-14,17H,2-3,6-12H2,1H3. The Morgan fingerprint density at radius 2 is 1.95 bits per heavy atom. The molecular formula is C16H26N2OS. The summed E-state index contributed by atoms with van der Waals surface area (Å²) in [6.45, 7) is 5.58. The van der Waals surface area contributed by atoms with E-state index >= 15 is 0 Å². The number of nitrogens with one attached hydrogen (secondary N) is 1. The lowest BCUT2D eigenvalue weighted by Gasteiger charge is -2.31. The first kappa shape index (κ1) is 14.5. The summed E-state index contributed by atoms with van der Waals surface area (Å²) in [6.07, 6.45) is 5.31. The van der Waals surface area contributed by atoms with E-state index in [2.05, 4.69) is 22.3 Å². The van der Waals surface area contributed by atoms with E-state index in [0.717, 1.165) is 31.7 Å². The molecule has 0 atom stereocenters. The number of hydrogen-bond donors (Lipinski definition) is 1. The normalized spacial score (nSPS) is 21.4. The molecule has 0 aromatic carbocycles. The van der Waals surface area contributed by atoms with Crippen molar-refractivity contribution in [2.75, 3.05) is 26.8 Å². The fraction of sp³-hybridized carbons (Fsp3) is 0.750. The van der Waals surface area contributed by atoms with Gasteiger partial charge in [-0.25, -0.2) is 0 Å². The number of piperidine rings is 1. The Hall–Kier alpha value is -0.420. The summed E-state index contributed by atoms with van der Waals surface area (Å²) >= 11 is 1.98. The fourth-order valence-corrected chi connectivity index (χ4v) is 3.91. The third-order valence-corrected chi connectivity index (χ3v) is 5.42. The first-order chi connectivity index (χ1) is 9.83. The summed E-state index contributed by atoms with van der Waals surface area (Å²) in [5.41, 5.74) is 0. The predicted octanol–water partition coefficient (Wildman–Crippen LogP) is 2.86. The molecule has 1 saturated heterocycles. The van der Waals surface area contributed by atoms with Crippen molar-refractivity contribution in [2.45, 2.75) is 44.8 Å². The third-order valence-electron chi connectivity index (χ3n) is 4.35. The second-order valence-electron chi connectivity index (χ2n) is 6.20. The van der Waals surface area contributed by atoms with E-state index in [1.165, 1.54) is 48.5 Å². The molecule has 112 valence electrons. The van der Waals surface area contributed by atoms with Crippen LogP contribution in [0.5, 0.6) is 0 Å². The Morgan fingerprint density at radius 3 is 2.65 bits per heavy atom. The Morgan fingerprint density at radius 1 is 1.20 bits per heavy atom. The number of rotatable bonds is 7. The molecule has 0 spiro atoms. The quantitative estimate of drug-likeness (QED) is 0.837. The lowest BCUT2D eigenvalue weighted by Crippen LogP contribution is -2.34. The molecule has 2 fully saturated rings. The van der Waals surface area contributed by atoms with E-state index < -0.39 is 0 Å². The lowest BCUT2D eigenvalue weighted by molar-refractivity contribution is 0.0972. The first-order valence-corrected chi connectivity index (χ1v) is 8.67. The van der Waals surface area contributed by atoms with Crippen LogP contribution in [0.1, 0.15) is 35.4 Å². The minimum atomic E-state index is 0.776. The van der Waals surface area contributed by atoms with E-state index in [1.54, 1.807) is 0 Å². The lowest BCUT2D eigenvalue weighted by atomic mass is 9.98. The fourth-order valence-electron chi connectivity index (χ4n) is 2.90. The summed E-state index contributed by atoms with van der Waals surface area (Å²) in [4.78, 5) is 5.60. The van der Waals surface area contributed by atoms with Crippen molar-refractivity contribution in [3.63, 3.8) is 0 Å². The summed E-state index contributed by atoms with van der Waals surface area (Å²) in [6, 6.07) is 5.42. The van der Waals surface area contributed by atoms with Crippen molar-refractivity contribution in [2.24, 2.45) is 5.92 Å². The van der Waals surface area contributed by atoms with Crippen LogP contribution < -0.4 is 5.32 Å². The van der Waals surface area contributed by atoms with Gasteiger partial charge < -0.3 is 10.1 Å². The number of ether oxygens (including phenoxy) is 1. The summed E-state index contributed by atoms with van der Waals surface area (Å²) in [7, 11) is 1.81. The van der Waals surface area contributed by atoms with Gasteiger partial charge in [-0.15, -0.1) is 11.3 Å². The average molecular weight is 294 g/mol. The molecule has 4 heteroatoms. The van der Waals surface area contributed by atoms with E-state index in [9.17, 15) is 0 Å². The molecule has 1 N–H and O–H groups in total. The van der Waals surface area contributed by atoms with Crippen LogP contribution in [0.3, 0.4) is 0 Å². The third kappa shape index (κ3) is 4.29. The Labute approximate surface area is 126 Å². The maximum Gasteiger partial charge on any atom is 0.0491 e. The number of nitrogens with zero attached hydrogens (tertiary/aromatic N) is 1. The van der Waals surface area contributed by atoms with Crippen LogP contribution in [-0.4, -0.2) is 37.7 Å². The zero-order valence-electron chi connectivity index (χ0n) is 12.4. The molecule has 1 saturated carbocycles. The highest BCUT2D eigenvalue weighted by molar-refractivity contribution is 7.11. The van der Waals surface area contributed by atoms with Crippen molar-refractivity contribution in [1.29, 1.82) is 0 Å². The number of likely N-dealkylation sites (tertiary alicyclic amines) is 1. The van der Waals surface area contributed by atoms with Gasteiger partial charge in [0.2, 0.25) is 0 Å². The van der Waals surface area contributed by atoms with Gasteiger partial charge in [0.1, 0.15) is 0 Å². The van der Waals surface area contributed by atoms with Crippen LogP contribution in [0.25, 0.3) is 0 Å². The molecule has 0 amide bonds. The average Bonchev–Trinajstić information content (AvgIpc) is 3.19. The molecule has 1 aliphatic carbocycles. The van der Waals surface area contributed by atoms with Crippen LogP contribution in [0.4, 0.5) is 0 Å². The van der Waals surface area contributed by atoms with Gasteiger partial charge in [0.25, 0.3) is 0 Å². The summed E-state index contributed by atoms with van der Waals surface area (Å²) in [5.74, 6) is 0.776. The molecule has 1 aliphatic heterocycles. The largest absolute Gasteiger partial charge is 0.384 e. The zero-order valence-corrected chi connectivity index (χ0v) is 13.3. The molecule has 3 rings (SSSR count). The van der Waals surface area contributed by atoms with Gasteiger partial charge in [-0.3, -0.25) is 4.90 Å². The van der Waals surface area contributed by atoms with Gasteiger partial charge in [0, 0.05) is 42.6 Å². The van der Waals surface area contributed by atoms with Crippen LogP contribution in [-0.2, 0) is 17.8 Å². The van der Waals surface area contributed by atoms with Gasteiger partial charge in [-0.05, 0) is 56.8 Å². The SMILES string of the molecule is COCC1CCN(Cc2ccc(CNC3CC3)s2)CC1. The highest BCUT2D eigenvalue weighted by Gasteiger charge is 2.21. The second-order valence-corrected chi connectivity index (χ2v) is 7.45. The van der Waals surface area contributed by atoms with Crippen LogP contribution in [0.15, 0.2) is 12.1 Å². The molecule has 2 aliphatic rings. The number of thiophene rings is 1. The maximum atomic E-state index is 5.27. The Bertz CT molecular complexity index is 408. The highest BCUT2D eigenvalue weighted by atomic mass is 32.1. The Kier molecular flexibility index (Phi) is 5.10. The Balaban J connectivity index is 1.41. The molecule has 0 unspecified atom stereocenters. The van der Waals surface area contributed by atoms with Gasteiger partial charge in [-0.1, -0.05) is 0 Å². The van der Waals surface area contributed by atoms with E-state index in [-0.39, 0.29) is 0 Å². The predicted molar refractivity (Wildman–Crippen MR) is 84.1 cm³/mol. The number of methoxy groups -OCH3 is 1. The van der Waals surface area contributed by atoms with Gasteiger partial charge in [0.15, 0.2) is 0 Å². The summed E-state index contributed by atoms with van der Waals surface area (Å²) < 4.78 is 5.27. The topological polar surface area (TPSA) is 24.5 Å². The molecule has 1 aromatic rings. The zero-order chi connectivity index (χ0) is 13.8. The summed E-state index contributed by atoms with van der Waals surface area (Å²) in [5, 5.41) is 3.59. The van der Waals surface area contributed by atoms with E-state index in [0.29, 0.717) is 0 Å². The number of hydrogen-bond acceptors (Lipinski definition) is 4. The maximum absolute atomic E-state index is 5.27. The first-order valence-electron chi connectivity index (χ1n) is 7.86. The minimum absolute atomic E-state index is 0.776. The van der Waals surface area contributed by atoms with Gasteiger partial charge >= 0.3 is 0 Å². The second kappa shape index (κ2) is 7.03. The molecule has 20 heavy (non-hydrogen) atoms. The van der Waals surface area contributed by atoms with Crippen LogP contribution in [0, 0.1) is 5.92 Å². The van der Waals surface area contributed by atoms with Crippen molar-refractivity contribution in [1.82, 2.24) is 10.2 Å². The van der Waals surface area contributed by atoms with E-state index in [1.807, 2.05) is 18.4 Å². The minimum Gasteiger partial charge on any atom is -0.384 e. The van der Waals surface area contributed by atoms with Crippen LogP contribution in [0.2, 0.25) is 0 Å². The van der Waals surface area contributed by atoms with Gasteiger partial charge in [-0.2, -0.15) is 0 Å². The van der Waals surface area contributed by atoms with E-state index in [4.69, 9.17) is 4.74 Å². The molecule has 2 heterocycles. The highest BCUT2D eigenvalue weighted by Crippen LogP contribution is 2.24. The van der Waals surface area contributed by atoms with Crippen molar-refractivity contribution >= 4 is 11.3 Å². The van der Waals surface area contributed by atoms with Crippen LogP contribution >= 0.6 is 11.3 Å². The van der Waals surface area contributed by atoms with Crippen molar-refractivity contribution in [3.05, 3.63) is 21.9 Å². The molecule has 0 bridgehead atoms.